The zero-order valence-corrected chi connectivity index (χ0v) is 17.6. The maximum Gasteiger partial charge on any atom is 0.222 e. The molecule has 0 spiro atoms. The van der Waals surface area contributed by atoms with E-state index in [1.54, 1.807) is 7.11 Å². The summed E-state index contributed by atoms with van der Waals surface area (Å²) >= 11 is 0. The van der Waals surface area contributed by atoms with E-state index in [9.17, 15) is 4.79 Å². The van der Waals surface area contributed by atoms with Gasteiger partial charge in [-0.2, -0.15) is 0 Å². The number of halogens is 1. The Morgan fingerprint density at radius 2 is 1.78 bits per heavy atom. The number of likely N-dealkylation sites (tertiary alicyclic amines) is 1. The van der Waals surface area contributed by atoms with E-state index < -0.39 is 0 Å². The fourth-order valence-electron chi connectivity index (χ4n) is 4.47. The quantitative estimate of drug-likeness (QED) is 0.794. The lowest BCUT2D eigenvalue weighted by Crippen LogP contribution is -2.40. The smallest absolute Gasteiger partial charge is 0.222 e. The fourth-order valence-corrected chi connectivity index (χ4v) is 4.47. The Labute approximate surface area is 170 Å². The Kier molecular flexibility index (Phi) is 8.91. The molecule has 1 amide bonds. The molecule has 152 valence electrons. The number of nitrogens with one attached hydrogen (secondary N) is 1. The molecule has 1 unspecified atom stereocenters. The minimum absolute atomic E-state index is 0. The zero-order valence-electron chi connectivity index (χ0n) is 16.8. The highest BCUT2D eigenvalue weighted by Crippen LogP contribution is 2.27. The Balaban J connectivity index is 0.00000261. The number of hydrogen-bond acceptors (Lipinski definition) is 3. The summed E-state index contributed by atoms with van der Waals surface area (Å²) < 4.78 is 5.23. The Bertz CT molecular complexity index is 564. The van der Waals surface area contributed by atoms with Gasteiger partial charge < -0.3 is 15.0 Å². The van der Waals surface area contributed by atoms with Crippen LogP contribution in [0.1, 0.15) is 44.6 Å². The molecule has 0 aromatic heterocycles. The summed E-state index contributed by atoms with van der Waals surface area (Å²) in [4.78, 5) is 14.8. The molecule has 0 bridgehead atoms. The summed E-state index contributed by atoms with van der Waals surface area (Å²) in [5.74, 6) is 3.21. The highest BCUT2D eigenvalue weighted by atomic mass is 35.5. The number of methoxy groups -OCH3 is 1. The number of hydrogen-bond donors (Lipinski definition) is 1. The molecule has 1 aromatic rings. The van der Waals surface area contributed by atoms with Crippen LogP contribution in [-0.2, 0) is 11.2 Å². The van der Waals surface area contributed by atoms with Crippen LogP contribution in [0.5, 0.6) is 5.75 Å². The van der Waals surface area contributed by atoms with Gasteiger partial charge in [-0.1, -0.05) is 19.1 Å². The Morgan fingerprint density at radius 1 is 1.15 bits per heavy atom. The molecule has 5 heteroatoms. The average Bonchev–Trinajstić information content (AvgIpc) is 2.69. The summed E-state index contributed by atoms with van der Waals surface area (Å²) in [5, 5.41) is 3.42. The van der Waals surface area contributed by atoms with Gasteiger partial charge in [-0.25, -0.2) is 0 Å². The molecule has 2 aliphatic rings. The monoisotopic (exact) mass is 394 g/mol. The van der Waals surface area contributed by atoms with Crippen molar-refractivity contribution in [3.8, 4) is 5.75 Å². The molecule has 2 aliphatic heterocycles. The molecule has 1 aromatic carbocycles. The predicted molar refractivity (Wildman–Crippen MR) is 113 cm³/mol. The van der Waals surface area contributed by atoms with E-state index in [0.717, 1.165) is 57.6 Å². The molecular formula is C22H35ClN2O2. The van der Waals surface area contributed by atoms with E-state index >= 15 is 0 Å². The van der Waals surface area contributed by atoms with E-state index in [1.807, 2.05) is 12.1 Å². The maximum atomic E-state index is 12.7. The SMILES string of the molecule is COc1ccc(CC2CCN(C(=O)CC(C)C3CCNCC3)CC2)cc1.Cl. The van der Waals surface area contributed by atoms with Gasteiger partial charge in [-0.15, -0.1) is 12.4 Å². The molecule has 27 heavy (non-hydrogen) atoms. The molecule has 4 nitrogen and oxygen atoms in total. The van der Waals surface area contributed by atoms with Crippen molar-refractivity contribution in [3.63, 3.8) is 0 Å². The van der Waals surface area contributed by atoms with E-state index in [0.29, 0.717) is 23.7 Å². The highest BCUT2D eigenvalue weighted by Gasteiger charge is 2.27. The molecule has 0 aliphatic carbocycles. The van der Waals surface area contributed by atoms with Crippen molar-refractivity contribution in [3.05, 3.63) is 29.8 Å². The van der Waals surface area contributed by atoms with E-state index in [-0.39, 0.29) is 12.4 Å². The zero-order chi connectivity index (χ0) is 18.4. The van der Waals surface area contributed by atoms with Gasteiger partial charge in [-0.3, -0.25) is 4.79 Å². The number of ether oxygens (including phenoxy) is 1. The lowest BCUT2D eigenvalue weighted by atomic mass is 9.83. The first kappa shape index (κ1) is 22.0. The standard InChI is InChI=1S/C22H34N2O2.ClH/c1-17(20-7-11-23-12-8-20)15-22(25)24-13-9-19(10-14-24)16-18-3-5-21(26-2)6-4-18;/h3-6,17,19-20,23H,7-16H2,1-2H3;1H. The largest absolute Gasteiger partial charge is 0.497 e. The van der Waals surface area contributed by atoms with Crippen LogP contribution < -0.4 is 10.1 Å². The number of piperidine rings is 2. The summed E-state index contributed by atoms with van der Waals surface area (Å²) in [6.07, 6.45) is 6.53. The third-order valence-electron chi connectivity index (χ3n) is 6.34. The molecule has 2 heterocycles. The van der Waals surface area contributed by atoms with E-state index in [2.05, 4.69) is 29.3 Å². The first-order valence-electron chi connectivity index (χ1n) is 10.3. The normalized spacial score (nSPS) is 20.0. The van der Waals surface area contributed by atoms with Gasteiger partial charge in [0.2, 0.25) is 5.91 Å². The third kappa shape index (κ3) is 6.39. The van der Waals surface area contributed by atoms with Crippen LogP contribution in [0.3, 0.4) is 0 Å². The summed E-state index contributed by atoms with van der Waals surface area (Å²) in [5.41, 5.74) is 1.37. The predicted octanol–water partition coefficient (Wildman–Crippen LogP) is 3.92. The van der Waals surface area contributed by atoms with Crippen LogP contribution in [0, 0.1) is 17.8 Å². The van der Waals surface area contributed by atoms with Gasteiger partial charge in [0.25, 0.3) is 0 Å². The Morgan fingerprint density at radius 3 is 2.37 bits per heavy atom. The lowest BCUT2D eigenvalue weighted by molar-refractivity contribution is -0.134. The number of carbonyl (C=O) groups excluding carboxylic acids is 1. The molecule has 2 saturated heterocycles. The Hall–Kier alpha value is -1.26. The van der Waals surface area contributed by atoms with Gasteiger partial charge in [0, 0.05) is 19.5 Å². The fraction of sp³-hybridized carbons (Fsp3) is 0.682. The van der Waals surface area contributed by atoms with Crippen LogP contribution >= 0.6 is 12.4 Å². The van der Waals surface area contributed by atoms with Crippen molar-refractivity contribution in [2.75, 3.05) is 33.3 Å². The molecule has 1 N–H and O–H groups in total. The third-order valence-corrected chi connectivity index (χ3v) is 6.34. The summed E-state index contributed by atoms with van der Waals surface area (Å²) in [6, 6.07) is 8.40. The van der Waals surface area contributed by atoms with Gasteiger partial charge in [-0.05, 0) is 80.6 Å². The van der Waals surface area contributed by atoms with Gasteiger partial charge >= 0.3 is 0 Å². The topological polar surface area (TPSA) is 41.6 Å². The summed E-state index contributed by atoms with van der Waals surface area (Å²) in [7, 11) is 1.70. The number of nitrogens with zero attached hydrogens (tertiary/aromatic N) is 1. The van der Waals surface area contributed by atoms with Gasteiger partial charge in [0.1, 0.15) is 5.75 Å². The molecule has 1 atom stereocenters. The number of rotatable bonds is 6. The van der Waals surface area contributed by atoms with Crippen LogP contribution in [-0.4, -0.2) is 44.1 Å². The van der Waals surface area contributed by atoms with Crippen LogP contribution in [0.4, 0.5) is 0 Å². The second kappa shape index (κ2) is 10.9. The molecule has 3 rings (SSSR count). The maximum absolute atomic E-state index is 12.7. The second-order valence-electron chi connectivity index (χ2n) is 8.15. The molecule has 0 saturated carbocycles. The minimum Gasteiger partial charge on any atom is -0.497 e. The minimum atomic E-state index is 0. The lowest BCUT2D eigenvalue weighted by Gasteiger charge is -2.34. The van der Waals surface area contributed by atoms with E-state index in [4.69, 9.17) is 4.74 Å². The van der Waals surface area contributed by atoms with Crippen molar-refractivity contribution in [1.29, 1.82) is 0 Å². The summed E-state index contributed by atoms with van der Waals surface area (Å²) in [6.45, 7) is 6.35. The van der Waals surface area contributed by atoms with E-state index in [1.165, 1.54) is 18.4 Å². The van der Waals surface area contributed by atoms with Crippen LogP contribution in [0.25, 0.3) is 0 Å². The average molecular weight is 395 g/mol. The second-order valence-corrected chi connectivity index (χ2v) is 8.15. The molecular weight excluding hydrogens is 360 g/mol. The first-order valence-corrected chi connectivity index (χ1v) is 10.3. The highest BCUT2D eigenvalue weighted by molar-refractivity contribution is 5.85. The van der Waals surface area contributed by atoms with Crippen LogP contribution in [0.2, 0.25) is 0 Å². The van der Waals surface area contributed by atoms with Crippen molar-refractivity contribution >= 4 is 18.3 Å². The number of carbonyl (C=O) groups is 1. The van der Waals surface area contributed by atoms with Gasteiger partial charge in [0.05, 0.1) is 7.11 Å². The first-order chi connectivity index (χ1) is 12.7. The van der Waals surface area contributed by atoms with Crippen molar-refractivity contribution < 1.29 is 9.53 Å². The van der Waals surface area contributed by atoms with Crippen molar-refractivity contribution in [1.82, 2.24) is 10.2 Å². The van der Waals surface area contributed by atoms with Crippen LogP contribution in [0.15, 0.2) is 24.3 Å². The van der Waals surface area contributed by atoms with Crippen molar-refractivity contribution in [2.24, 2.45) is 17.8 Å². The number of amides is 1. The van der Waals surface area contributed by atoms with Gasteiger partial charge in [0.15, 0.2) is 0 Å². The van der Waals surface area contributed by atoms with Crippen molar-refractivity contribution in [2.45, 2.75) is 45.4 Å². The molecule has 2 fully saturated rings. The number of benzene rings is 1. The molecule has 0 radical (unpaired) electrons.